The Labute approximate surface area is 106 Å². The summed E-state index contributed by atoms with van der Waals surface area (Å²) < 4.78 is 0. The van der Waals surface area contributed by atoms with Crippen LogP contribution in [0.5, 0.6) is 0 Å². The van der Waals surface area contributed by atoms with Gasteiger partial charge in [0, 0.05) is 5.92 Å². The van der Waals surface area contributed by atoms with Crippen LogP contribution in [0.4, 0.5) is 0 Å². The number of fused-ring (bicyclic) bond motifs is 1. The molecule has 1 unspecified atom stereocenters. The van der Waals surface area contributed by atoms with Crippen molar-refractivity contribution in [1.29, 1.82) is 0 Å². The summed E-state index contributed by atoms with van der Waals surface area (Å²) in [7, 11) is 0. The molecule has 1 saturated carbocycles. The number of allylic oxidation sites excluding steroid dienone is 2. The van der Waals surface area contributed by atoms with Crippen LogP contribution in [0.3, 0.4) is 0 Å². The van der Waals surface area contributed by atoms with E-state index in [1.54, 1.807) is 6.92 Å². The Kier molecular flexibility index (Phi) is 3.00. The lowest BCUT2D eigenvalue weighted by Crippen LogP contribution is -2.50. The molecule has 3 atom stereocenters. The highest BCUT2D eigenvalue weighted by Gasteiger charge is 2.53. The molecule has 0 aromatic heterocycles. The van der Waals surface area contributed by atoms with Crippen LogP contribution in [0.15, 0.2) is 11.6 Å². The van der Waals surface area contributed by atoms with E-state index in [1.165, 1.54) is 31.3 Å². The maximum Gasteiger partial charge on any atom is 0.137 e. The van der Waals surface area contributed by atoms with Crippen LogP contribution in [0, 0.1) is 22.7 Å². The van der Waals surface area contributed by atoms with E-state index in [9.17, 15) is 4.79 Å². The fourth-order valence-electron chi connectivity index (χ4n) is 4.83. The molecule has 2 aliphatic rings. The molecule has 17 heavy (non-hydrogen) atoms. The number of rotatable bonds is 1. The number of Topliss-reactive ketones (excluding diaryl/α,β-unsaturated/α-hetero) is 1. The molecule has 96 valence electrons. The standard InChI is InChI=1S/C16H26O/c1-11-7-8-13-15(3,4)9-6-10-16(13,5)14(11)12(2)17/h7,13-14H,6,8-10H2,1-5H3/t13-,14?,16-/m1/s1. The Bertz CT molecular complexity index is 364. The third-order valence-corrected chi connectivity index (χ3v) is 5.47. The van der Waals surface area contributed by atoms with Gasteiger partial charge < -0.3 is 0 Å². The molecule has 0 spiro atoms. The minimum absolute atomic E-state index is 0.167. The molecular weight excluding hydrogens is 208 g/mol. The molecule has 0 saturated heterocycles. The highest BCUT2D eigenvalue weighted by molar-refractivity contribution is 5.82. The minimum Gasteiger partial charge on any atom is -0.299 e. The van der Waals surface area contributed by atoms with E-state index in [2.05, 4.69) is 33.8 Å². The van der Waals surface area contributed by atoms with Gasteiger partial charge in [-0.2, -0.15) is 0 Å². The average Bonchev–Trinajstić information content (AvgIpc) is 2.14. The highest BCUT2D eigenvalue weighted by atomic mass is 16.1. The minimum atomic E-state index is 0.167. The SMILES string of the molecule is CC(=O)C1C(C)=CC[C@@H]2C(C)(C)CCC[C@@]12C. The van der Waals surface area contributed by atoms with Crippen LogP contribution in [-0.2, 0) is 4.79 Å². The second kappa shape index (κ2) is 3.96. The Morgan fingerprint density at radius 2 is 1.94 bits per heavy atom. The fourth-order valence-corrected chi connectivity index (χ4v) is 4.83. The molecule has 1 nitrogen and oxygen atoms in total. The summed E-state index contributed by atoms with van der Waals surface area (Å²) in [5.41, 5.74) is 1.90. The number of carbonyl (C=O) groups excluding carboxylic acids is 1. The number of ketones is 1. The molecule has 0 heterocycles. The first-order chi connectivity index (χ1) is 7.79. The largest absolute Gasteiger partial charge is 0.299 e. The lowest BCUT2D eigenvalue weighted by molar-refractivity contribution is -0.129. The monoisotopic (exact) mass is 234 g/mol. The van der Waals surface area contributed by atoms with E-state index in [4.69, 9.17) is 0 Å². The first kappa shape index (κ1) is 12.9. The molecule has 0 amide bonds. The van der Waals surface area contributed by atoms with Gasteiger partial charge in [0.1, 0.15) is 5.78 Å². The van der Waals surface area contributed by atoms with Crippen LogP contribution >= 0.6 is 0 Å². The molecular formula is C16H26O. The normalized spacial score (nSPS) is 40.4. The van der Waals surface area contributed by atoms with E-state index in [0.717, 1.165) is 0 Å². The van der Waals surface area contributed by atoms with Crippen LogP contribution in [0.1, 0.15) is 60.3 Å². The zero-order valence-electron chi connectivity index (χ0n) is 12.0. The van der Waals surface area contributed by atoms with Crippen molar-refractivity contribution in [2.45, 2.75) is 60.3 Å². The smallest absolute Gasteiger partial charge is 0.137 e. The summed E-state index contributed by atoms with van der Waals surface area (Å²) in [5, 5.41) is 0. The molecule has 0 N–H and O–H groups in total. The van der Waals surface area contributed by atoms with Gasteiger partial charge in [0.2, 0.25) is 0 Å². The van der Waals surface area contributed by atoms with Crippen molar-refractivity contribution < 1.29 is 4.79 Å². The summed E-state index contributed by atoms with van der Waals surface area (Å²) in [4.78, 5) is 12.0. The predicted molar refractivity (Wildman–Crippen MR) is 71.8 cm³/mol. The second-order valence-electron chi connectivity index (χ2n) is 7.13. The van der Waals surface area contributed by atoms with E-state index in [0.29, 0.717) is 17.1 Å². The Morgan fingerprint density at radius 1 is 1.29 bits per heavy atom. The van der Waals surface area contributed by atoms with E-state index in [1.807, 2.05) is 0 Å². The van der Waals surface area contributed by atoms with Crippen molar-refractivity contribution in [3.8, 4) is 0 Å². The van der Waals surface area contributed by atoms with Gasteiger partial charge in [-0.05, 0) is 49.9 Å². The summed E-state index contributed by atoms with van der Waals surface area (Å²) in [6.45, 7) is 11.1. The average molecular weight is 234 g/mol. The molecule has 0 bridgehead atoms. The number of hydrogen-bond acceptors (Lipinski definition) is 1. The third kappa shape index (κ3) is 1.88. The number of hydrogen-bond donors (Lipinski definition) is 0. The lowest BCUT2D eigenvalue weighted by atomic mass is 9.48. The zero-order valence-corrected chi connectivity index (χ0v) is 12.0. The zero-order chi connectivity index (χ0) is 12.8. The molecule has 2 aliphatic carbocycles. The Hall–Kier alpha value is -0.590. The van der Waals surface area contributed by atoms with Crippen LogP contribution in [0.2, 0.25) is 0 Å². The van der Waals surface area contributed by atoms with Gasteiger partial charge in [0.15, 0.2) is 0 Å². The van der Waals surface area contributed by atoms with Crippen molar-refractivity contribution in [2.24, 2.45) is 22.7 Å². The van der Waals surface area contributed by atoms with Crippen molar-refractivity contribution >= 4 is 5.78 Å². The molecule has 0 aliphatic heterocycles. The van der Waals surface area contributed by atoms with Crippen molar-refractivity contribution in [2.75, 3.05) is 0 Å². The van der Waals surface area contributed by atoms with E-state index in [-0.39, 0.29) is 11.3 Å². The van der Waals surface area contributed by atoms with Gasteiger partial charge in [-0.15, -0.1) is 0 Å². The fraction of sp³-hybridized carbons (Fsp3) is 0.812. The van der Waals surface area contributed by atoms with Gasteiger partial charge in [-0.3, -0.25) is 4.79 Å². The van der Waals surface area contributed by atoms with Gasteiger partial charge in [0.25, 0.3) is 0 Å². The molecule has 1 heteroatoms. The van der Waals surface area contributed by atoms with Crippen LogP contribution in [0.25, 0.3) is 0 Å². The van der Waals surface area contributed by atoms with Crippen molar-refractivity contribution in [1.82, 2.24) is 0 Å². The number of carbonyl (C=O) groups is 1. The predicted octanol–water partition coefficient (Wildman–Crippen LogP) is 4.37. The molecule has 0 radical (unpaired) electrons. The first-order valence-corrected chi connectivity index (χ1v) is 6.96. The summed E-state index contributed by atoms with van der Waals surface area (Å²) in [6.07, 6.45) is 7.29. The van der Waals surface area contributed by atoms with Crippen molar-refractivity contribution in [3.05, 3.63) is 11.6 Å². The summed E-state index contributed by atoms with van der Waals surface area (Å²) >= 11 is 0. The van der Waals surface area contributed by atoms with Crippen LogP contribution in [-0.4, -0.2) is 5.78 Å². The molecule has 0 aromatic rings. The topological polar surface area (TPSA) is 17.1 Å². The highest BCUT2D eigenvalue weighted by Crippen LogP contribution is 2.59. The van der Waals surface area contributed by atoms with Gasteiger partial charge >= 0.3 is 0 Å². The van der Waals surface area contributed by atoms with Crippen LogP contribution < -0.4 is 0 Å². The van der Waals surface area contributed by atoms with E-state index >= 15 is 0 Å². The van der Waals surface area contributed by atoms with Gasteiger partial charge in [-0.25, -0.2) is 0 Å². The van der Waals surface area contributed by atoms with Gasteiger partial charge in [0.05, 0.1) is 0 Å². The van der Waals surface area contributed by atoms with E-state index < -0.39 is 0 Å². The third-order valence-electron chi connectivity index (χ3n) is 5.47. The summed E-state index contributed by atoms with van der Waals surface area (Å²) in [6, 6.07) is 0. The molecule has 1 fully saturated rings. The quantitative estimate of drug-likeness (QED) is 0.616. The summed E-state index contributed by atoms with van der Waals surface area (Å²) in [5.74, 6) is 1.20. The first-order valence-electron chi connectivity index (χ1n) is 6.96. The lowest BCUT2D eigenvalue weighted by Gasteiger charge is -2.56. The Morgan fingerprint density at radius 3 is 2.53 bits per heavy atom. The van der Waals surface area contributed by atoms with Gasteiger partial charge in [-0.1, -0.05) is 38.8 Å². The molecule has 2 rings (SSSR count). The second-order valence-corrected chi connectivity index (χ2v) is 7.13. The van der Waals surface area contributed by atoms with Crippen molar-refractivity contribution in [3.63, 3.8) is 0 Å². The molecule has 0 aromatic carbocycles. The maximum atomic E-state index is 12.0. The maximum absolute atomic E-state index is 12.0. The Balaban J connectivity index is 2.46.